The summed E-state index contributed by atoms with van der Waals surface area (Å²) in [5, 5.41) is 18.6. The molecule has 0 aliphatic heterocycles. The summed E-state index contributed by atoms with van der Waals surface area (Å²) in [6, 6.07) is 1.52. The van der Waals surface area contributed by atoms with Crippen molar-refractivity contribution in [2.24, 2.45) is 0 Å². The van der Waals surface area contributed by atoms with Crippen molar-refractivity contribution < 1.29 is 19.7 Å². The average molecular weight is 224 g/mol. The first-order chi connectivity index (χ1) is 7.52. The van der Waals surface area contributed by atoms with E-state index in [2.05, 4.69) is 4.74 Å². The van der Waals surface area contributed by atoms with E-state index in [1.807, 2.05) is 6.92 Å². The van der Waals surface area contributed by atoms with E-state index in [-0.39, 0.29) is 17.9 Å². The summed E-state index contributed by atoms with van der Waals surface area (Å²) in [6.07, 6.45) is 0.460. The van der Waals surface area contributed by atoms with Crippen molar-refractivity contribution >= 4 is 5.97 Å². The van der Waals surface area contributed by atoms with Crippen LogP contribution in [0.25, 0.3) is 0 Å². The number of methoxy groups -OCH3 is 1. The van der Waals surface area contributed by atoms with Crippen LogP contribution in [0.2, 0.25) is 0 Å². The second kappa shape index (κ2) is 4.99. The molecule has 88 valence electrons. The minimum atomic E-state index is -0.561. The molecule has 1 aromatic rings. The zero-order valence-electron chi connectivity index (χ0n) is 9.70. The molecule has 0 saturated heterocycles. The number of benzene rings is 1. The monoisotopic (exact) mass is 224 g/mol. The van der Waals surface area contributed by atoms with Crippen LogP contribution in [0.5, 0.6) is 5.75 Å². The van der Waals surface area contributed by atoms with Gasteiger partial charge in [0.05, 0.1) is 7.11 Å². The number of carbonyl (C=O) groups excluding carboxylic acids is 1. The number of phenolic OH excluding ortho intramolecular Hbond substituents is 1. The predicted molar refractivity (Wildman–Crippen MR) is 59.7 cm³/mol. The molecule has 0 heterocycles. The number of phenols is 1. The van der Waals surface area contributed by atoms with Crippen LogP contribution < -0.4 is 0 Å². The Balaban J connectivity index is 3.38. The van der Waals surface area contributed by atoms with E-state index in [9.17, 15) is 9.90 Å². The third-order valence-corrected chi connectivity index (χ3v) is 2.66. The van der Waals surface area contributed by atoms with E-state index < -0.39 is 5.97 Å². The molecular formula is C12H16O4. The molecule has 0 bridgehead atoms. The van der Waals surface area contributed by atoms with Gasteiger partial charge in [0.1, 0.15) is 11.3 Å². The minimum Gasteiger partial charge on any atom is -0.507 e. The molecule has 0 spiro atoms. The molecule has 4 heteroatoms. The summed E-state index contributed by atoms with van der Waals surface area (Å²) in [6.45, 7) is 3.58. The maximum atomic E-state index is 11.5. The van der Waals surface area contributed by atoms with Gasteiger partial charge in [-0.15, -0.1) is 0 Å². The molecule has 0 saturated carbocycles. The Hall–Kier alpha value is -1.55. The van der Waals surface area contributed by atoms with Gasteiger partial charge >= 0.3 is 5.97 Å². The summed E-state index contributed by atoms with van der Waals surface area (Å²) in [5.41, 5.74) is 2.58. The van der Waals surface area contributed by atoms with E-state index in [1.54, 1.807) is 6.92 Å². The van der Waals surface area contributed by atoms with Gasteiger partial charge in [0.2, 0.25) is 0 Å². The van der Waals surface area contributed by atoms with Crippen LogP contribution in [0, 0.1) is 13.8 Å². The van der Waals surface area contributed by atoms with Crippen molar-refractivity contribution in [3.63, 3.8) is 0 Å². The summed E-state index contributed by atoms with van der Waals surface area (Å²) >= 11 is 0. The van der Waals surface area contributed by atoms with Gasteiger partial charge in [-0.2, -0.15) is 0 Å². The maximum Gasteiger partial charge on any atom is 0.341 e. The van der Waals surface area contributed by atoms with E-state index in [4.69, 9.17) is 5.11 Å². The number of carbonyl (C=O) groups is 1. The molecule has 1 rings (SSSR count). The highest BCUT2D eigenvalue weighted by atomic mass is 16.5. The summed E-state index contributed by atoms with van der Waals surface area (Å²) in [5.74, 6) is -0.641. The van der Waals surface area contributed by atoms with E-state index in [0.717, 1.165) is 11.1 Å². The highest BCUT2D eigenvalue weighted by Crippen LogP contribution is 2.28. The van der Waals surface area contributed by atoms with Crippen molar-refractivity contribution in [2.45, 2.75) is 20.3 Å². The van der Waals surface area contributed by atoms with Crippen LogP contribution in [0.4, 0.5) is 0 Å². The first-order valence-electron chi connectivity index (χ1n) is 5.04. The largest absolute Gasteiger partial charge is 0.507 e. The summed E-state index contributed by atoms with van der Waals surface area (Å²) in [4.78, 5) is 11.5. The average Bonchev–Trinajstić information content (AvgIpc) is 2.23. The molecule has 4 nitrogen and oxygen atoms in total. The van der Waals surface area contributed by atoms with E-state index >= 15 is 0 Å². The van der Waals surface area contributed by atoms with Crippen LogP contribution in [0.3, 0.4) is 0 Å². The number of rotatable bonds is 3. The van der Waals surface area contributed by atoms with E-state index in [0.29, 0.717) is 12.0 Å². The molecule has 0 amide bonds. The van der Waals surface area contributed by atoms with Gasteiger partial charge in [0.15, 0.2) is 0 Å². The molecule has 0 unspecified atom stereocenters. The van der Waals surface area contributed by atoms with Crippen LogP contribution in [0.15, 0.2) is 6.07 Å². The Morgan fingerprint density at radius 1 is 1.44 bits per heavy atom. The standard InChI is InChI=1S/C12H16O4/c1-7-6-10(14)11(12(15)16-3)8(2)9(7)4-5-13/h6,13-14H,4-5H2,1-3H3. The Bertz CT molecular complexity index is 410. The zero-order valence-corrected chi connectivity index (χ0v) is 9.70. The fourth-order valence-corrected chi connectivity index (χ4v) is 1.86. The number of aliphatic hydroxyl groups excluding tert-OH is 1. The number of hydrogen-bond acceptors (Lipinski definition) is 4. The highest BCUT2D eigenvalue weighted by molar-refractivity contribution is 5.94. The second-order valence-corrected chi connectivity index (χ2v) is 3.66. The lowest BCUT2D eigenvalue weighted by Crippen LogP contribution is -2.08. The Morgan fingerprint density at radius 3 is 2.56 bits per heavy atom. The quantitative estimate of drug-likeness (QED) is 0.760. The third kappa shape index (κ3) is 2.17. The van der Waals surface area contributed by atoms with Crippen LogP contribution >= 0.6 is 0 Å². The number of esters is 1. The molecule has 0 atom stereocenters. The first-order valence-corrected chi connectivity index (χ1v) is 5.04. The number of aryl methyl sites for hydroxylation is 1. The summed E-state index contributed by atoms with van der Waals surface area (Å²) in [7, 11) is 1.27. The lowest BCUT2D eigenvalue weighted by Gasteiger charge is -2.14. The molecule has 0 aliphatic rings. The van der Waals surface area contributed by atoms with Gasteiger partial charge in [-0.25, -0.2) is 4.79 Å². The van der Waals surface area contributed by atoms with Gasteiger partial charge in [0.25, 0.3) is 0 Å². The van der Waals surface area contributed by atoms with Gasteiger partial charge in [-0.05, 0) is 43.0 Å². The van der Waals surface area contributed by atoms with Crippen molar-refractivity contribution in [3.05, 3.63) is 28.3 Å². The molecule has 1 aromatic carbocycles. The lowest BCUT2D eigenvalue weighted by molar-refractivity contribution is 0.0596. The highest BCUT2D eigenvalue weighted by Gasteiger charge is 2.18. The summed E-state index contributed by atoms with van der Waals surface area (Å²) < 4.78 is 4.61. The number of hydrogen-bond donors (Lipinski definition) is 2. The smallest absolute Gasteiger partial charge is 0.341 e. The number of aliphatic hydroxyl groups is 1. The fourth-order valence-electron chi connectivity index (χ4n) is 1.86. The van der Waals surface area contributed by atoms with Crippen LogP contribution in [-0.4, -0.2) is 29.9 Å². The Kier molecular flexibility index (Phi) is 3.90. The Morgan fingerprint density at radius 2 is 2.06 bits per heavy atom. The van der Waals surface area contributed by atoms with Crippen molar-refractivity contribution in [1.82, 2.24) is 0 Å². The molecule has 0 radical (unpaired) electrons. The first kappa shape index (κ1) is 12.5. The minimum absolute atomic E-state index is 0.00701. The number of aromatic hydroxyl groups is 1. The van der Waals surface area contributed by atoms with Gasteiger partial charge in [0, 0.05) is 6.61 Å². The van der Waals surface area contributed by atoms with Crippen LogP contribution in [-0.2, 0) is 11.2 Å². The molecule has 0 aliphatic carbocycles. The molecule has 0 aromatic heterocycles. The molecule has 2 N–H and O–H groups in total. The van der Waals surface area contributed by atoms with Crippen LogP contribution in [0.1, 0.15) is 27.0 Å². The number of ether oxygens (including phenoxy) is 1. The topological polar surface area (TPSA) is 66.8 Å². The molecule has 0 fully saturated rings. The van der Waals surface area contributed by atoms with Gasteiger partial charge in [-0.1, -0.05) is 0 Å². The third-order valence-electron chi connectivity index (χ3n) is 2.66. The van der Waals surface area contributed by atoms with Crippen molar-refractivity contribution in [3.8, 4) is 5.75 Å². The maximum absolute atomic E-state index is 11.5. The molecular weight excluding hydrogens is 208 g/mol. The predicted octanol–water partition coefficient (Wildman–Crippen LogP) is 1.33. The Labute approximate surface area is 94.5 Å². The molecule has 16 heavy (non-hydrogen) atoms. The second-order valence-electron chi connectivity index (χ2n) is 3.66. The fraction of sp³-hybridized carbons (Fsp3) is 0.417. The van der Waals surface area contributed by atoms with Gasteiger partial charge in [-0.3, -0.25) is 0 Å². The van der Waals surface area contributed by atoms with Crippen molar-refractivity contribution in [2.75, 3.05) is 13.7 Å². The van der Waals surface area contributed by atoms with Gasteiger partial charge < -0.3 is 14.9 Å². The zero-order chi connectivity index (χ0) is 12.3. The lowest BCUT2D eigenvalue weighted by atomic mass is 9.94. The van der Waals surface area contributed by atoms with Crippen molar-refractivity contribution in [1.29, 1.82) is 0 Å². The van der Waals surface area contributed by atoms with E-state index in [1.165, 1.54) is 13.2 Å². The normalized spacial score (nSPS) is 10.2. The SMILES string of the molecule is COC(=O)c1c(O)cc(C)c(CCO)c1C.